The highest BCUT2D eigenvalue weighted by Gasteiger charge is 2.49. The summed E-state index contributed by atoms with van der Waals surface area (Å²) in [6.45, 7) is 5.32. The van der Waals surface area contributed by atoms with Crippen molar-refractivity contribution >= 4 is 12.0 Å². The highest BCUT2D eigenvalue weighted by molar-refractivity contribution is 5.91. The van der Waals surface area contributed by atoms with E-state index in [1.165, 1.54) is 12.2 Å². The van der Waals surface area contributed by atoms with Crippen LogP contribution in [0.4, 0.5) is 4.79 Å². The van der Waals surface area contributed by atoms with E-state index in [1.54, 1.807) is 20.8 Å². The third-order valence-electron chi connectivity index (χ3n) is 3.63. The zero-order chi connectivity index (χ0) is 17.0. The van der Waals surface area contributed by atoms with Crippen LogP contribution in [0.1, 0.15) is 26.3 Å². The van der Waals surface area contributed by atoms with Gasteiger partial charge in [-0.2, -0.15) is 0 Å². The minimum Gasteiger partial charge on any atom is -0.445 e. The maximum atomic E-state index is 12.1. The largest absolute Gasteiger partial charge is 0.445 e. The normalized spacial score (nSPS) is 20.9. The minimum absolute atomic E-state index is 0.152. The van der Waals surface area contributed by atoms with Gasteiger partial charge in [0.1, 0.15) is 12.6 Å². The molecule has 7 nitrogen and oxygen atoms in total. The second-order valence-corrected chi connectivity index (χ2v) is 5.78. The number of hydrogen-bond donors (Lipinski definition) is 1. The standard InChI is InChI=1S/C16H22N2O5/c1-11-13(14(19)18(11)23-16(2,3)21-4)17-15(20)22-10-12-8-6-5-7-9-12/h5-9,11,13H,10H2,1-4H3,(H,17,20)/t11-,13+/m1/s1. The quantitative estimate of drug-likeness (QED) is 0.638. The summed E-state index contributed by atoms with van der Waals surface area (Å²) in [5.74, 6) is -1.25. The number of carbonyl (C=O) groups excluding carboxylic acids is 2. The monoisotopic (exact) mass is 322 g/mol. The molecule has 1 fully saturated rings. The molecule has 7 heteroatoms. The van der Waals surface area contributed by atoms with E-state index in [0.717, 1.165) is 5.56 Å². The topological polar surface area (TPSA) is 77.1 Å². The van der Waals surface area contributed by atoms with Crippen LogP contribution >= 0.6 is 0 Å². The Morgan fingerprint density at radius 2 is 1.96 bits per heavy atom. The molecule has 0 aromatic heterocycles. The summed E-state index contributed by atoms with van der Waals surface area (Å²) >= 11 is 0. The van der Waals surface area contributed by atoms with E-state index in [9.17, 15) is 9.59 Å². The van der Waals surface area contributed by atoms with Gasteiger partial charge >= 0.3 is 6.09 Å². The first-order valence-electron chi connectivity index (χ1n) is 7.38. The second kappa shape index (κ2) is 6.97. The van der Waals surface area contributed by atoms with E-state index >= 15 is 0 Å². The van der Waals surface area contributed by atoms with E-state index in [2.05, 4.69) is 5.32 Å². The Balaban J connectivity index is 1.80. The number of hydroxylamine groups is 2. The van der Waals surface area contributed by atoms with Gasteiger partial charge < -0.3 is 14.8 Å². The second-order valence-electron chi connectivity index (χ2n) is 5.78. The molecule has 0 bridgehead atoms. The summed E-state index contributed by atoms with van der Waals surface area (Å²) < 4.78 is 10.2. The molecule has 0 aliphatic carbocycles. The minimum atomic E-state index is -0.914. The molecule has 0 saturated carbocycles. The number of ether oxygens (including phenoxy) is 2. The fourth-order valence-corrected chi connectivity index (χ4v) is 2.07. The first-order valence-corrected chi connectivity index (χ1v) is 7.38. The van der Waals surface area contributed by atoms with Crippen molar-refractivity contribution in [3.8, 4) is 0 Å². The molecule has 1 N–H and O–H groups in total. The Morgan fingerprint density at radius 1 is 1.30 bits per heavy atom. The van der Waals surface area contributed by atoms with Crippen LogP contribution in [0.15, 0.2) is 30.3 Å². The number of benzene rings is 1. The highest BCUT2D eigenvalue weighted by Crippen LogP contribution is 2.25. The Hall–Kier alpha value is -2.12. The summed E-state index contributed by atoms with van der Waals surface area (Å²) in [4.78, 5) is 29.3. The van der Waals surface area contributed by atoms with Crippen LogP contribution < -0.4 is 5.32 Å². The van der Waals surface area contributed by atoms with Gasteiger partial charge in [-0.15, -0.1) is 0 Å². The number of hydrogen-bond acceptors (Lipinski definition) is 5. The average Bonchev–Trinajstić information content (AvgIpc) is 2.56. The van der Waals surface area contributed by atoms with Gasteiger partial charge in [0.25, 0.3) is 5.91 Å². The van der Waals surface area contributed by atoms with Gasteiger partial charge in [-0.1, -0.05) is 30.3 Å². The van der Waals surface area contributed by atoms with Crippen molar-refractivity contribution in [2.45, 2.75) is 45.2 Å². The Labute approximate surface area is 135 Å². The summed E-state index contributed by atoms with van der Waals surface area (Å²) in [6, 6.07) is 8.35. The molecule has 23 heavy (non-hydrogen) atoms. The number of β-lactam (4-membered cyclic amide) rings is 1. The van der Waals surface area contributed by atoms with Crippen molar-refractivity contribution in [2.75, 3.05) is 7.11 Å². The van der Waals surface area contributed by atoms with Crippen molar-refractivity contribution in [1.82, 2.24) is 10.4 Å². The van der Waals surface area contributed by atoms with E-state index in [1.807, 2.05) is 30.3 Å². The van der Waals surface area contributed by atoms with Gasteiger partial charge in [0.2, 0.25) is 0 Å². The third-order valence-corrected chi connectivity index (χ3v) is 3.63. The van der Waals surface area contributed by atoms with Gasteiger partial charge in [0.15, 0.2) is 5.79 Å². The summed E-state index contributed by atoms with van der Waals surface area (Å²) in [5, 5.41) is 3.75. The predicted molar refractivity (Wildman–Crippen MR) is 82.0 cm³/mol. The fourth-order valence-electron chi connectivity index (χ4n) is 2.07. The molecule has 0 spiro atoms. The lowest BCUT2D eigenvalue weighted by molar-refractivity contribution is -0.338. The summed E-state index contributed by atoms with van der Waals surface area (Å²) in [5.41, 5.74) is 0.877. The molecule has 1 aromatic rings. The molecule has 2 atom stereocenters. The molecule has 0 radical (unpaired) electrons. The predicted octanol–water partition coefficient (Wildman–Crippen LogP) is 1.83. The van der Waals surface area contributed by atoms with Crippen LogP contribution in [0, 0.1) is 0 Å². The molecule has 1 heterocycles. The average molecular weight is 322 g/mol. The molecule has 0 unspecified atom stereocenters. The van der Waals surface area contributed by atoms with Crippen molar-refractivity contribution in [3.63, 3.8) is 0 Å². The van der Waals surface area contributed by atoms with Crippen LogP contribution in [0.25, 0.3) is 0 Å². The molecule has 1 aromatic carbocycles. The molecule has 1 aliphatic rings. The van der Waals surface area contributed by atoms with Crippen LogP contribution in [0.5, 0.6) is 0 Å². The van der Waals surface area contributed by atoms with E-state index in [4.69, 9.17) is 14.3 Å². The van der Waals surface area contributed by atoms with Gasteiger partial charge in [0, 0.05) is 7.11 Å². The number of carbonyl (C=O) groups is 2. The zero-order valence-corrected chi connectivity index (χ0v) is 13.7. The molecule has 1 saturated heterocycles. The SMILES string of the molecule is COC(C)(C)ON1C(=O)[C@@H](NC(=O)OCc2ccccc2)[C@H]1C. The van der Waals surface area contributed by atoms with Crippen molar-refractivity contribution in [1.29, 1.82) is 0 Å². The summed E-state index contributed by atoms with van der Waals surface area (Å²) in [7, 11) is 1.49. The highest BCUT2D eigenvalue weighted by atomic mass is 16.8. The Bertz CT molecular complexity index is 561. The molecule has 2 amide bonds. The number of amides is 2. The maximum absolute atomic E-state index is 12.1. The zero-order valence-electron chi connectivity index (χ0n) is 13.7. The van der Waals surface area contributed by atoms with Crippen molar-refractivity contribution in [2.24, 2.45) is 0 Å². The lowest BCUT2D eigenvalue weighted by atomic mass is 10.0. The lowest BCUT2D eigenvalue weighted by Gasteiger charge is -2.46. The van der Waals surface area contributed by atoms with E-state index < -0.39 is 17.9 Å². The maximum Gasteiger partial charge on any atom is 0.408 e. The van der Waals surface area contributed by atoms with E-state index in [0.29, 0.717) is 0 Å². The fraction of sp³-hybridized carbons (Fsp3) is 0.500. The van der Waals surface area contributed by atoms with Gasteiger partial charge in [-0.05, 0) is 26.3 Å². The number of alkyl carbamates (subject to hydrolysis) is 1. The molecule has 2 rings (SSSR count). The first kappa shape index (κ1) is 17.2. The number of nitrogens with zero attached hydrogens (tertiary/aromatic N) is 1. The van der Waals surface area contributed by atoms with Gasteiger partial charge in [0.05, 0.1) is 6.04 Å². The number of rotatable bonds is 6. The van der Waals surface area contributed by atoms with Crippen LogP contribution in [0.3, 0.4) is 0 Å². The number of methoxy groups -OCH3 is 1. The van der Waals surface area contributed by atoms with Crippen LogP contribution in [0.2, 0.25) is 0 Å². The Kier molecular flexibility index (Phi) is 5.23. The van der Waals surface area contributed by atoms with Gasteiger partial charge in [-0.25, -0.2) is 14.7 Å². The Morgan fingerprint density at radius 3 is 2.52 bits per heavy atom. The summed E-state index contributed by atoms with van der Waals surface area (Å²) in [6.07, 6.45) is -0.635. The molecular weight excluding hydrogens is 300 g/mol. The van der Waals surface area contributed by atoms with E-state index in [-0.39, 0.29) is 18.6 Å². The van der Waals surface area contributed by atoms with Crippen LogP contribution in [-0.2, 0) is 25.7 Å². The van der Waals surface area contributed by atoms with Crippen molar-refractivity contribution in [3.05, 3.63) is 35.9 Å². The van der Waals surface area contributed by atoms with Crippen molar-refractivity contribution < 1.29 is 23.9 Å². The molecular formula is C16H22N2O5. The smallest absolute Gasteiger partial charge is 0.408 e. The van der Waals surface area contributed by atoms with Gasteiger partial charge in [-0.3, -0.25) is 4.79 Å². The molecule has 126 valence electrons. The van der Waals surface area contributed by atoms with Crippen LogP contribution in [-0.4, -0.2) is 42.0 Å². The number of nitrogens with one attached hydrogen (secondary N) is 1. The molecule has 1 aliphatic heterocycles. The first-order chi connectivity index (χ1) is 10.8. The lowest BCUT2D eigenvalue weighted by Crippen LogP contribution is -2.70. The third kappa shape index (κ3) is 4.20.